The van der Waals surface area contributed by atoms with Gasteiger partial charge in [0.15, 0.2) is 0 Å². The summed E-state index contributed by atoms with van der Waals surface area (Å²) < 4.78 is 5.61. The molecule has 1 atom stereocenters. The van der Waals surface area contributed by atoms with Crippen LogP contribution in [0.5, 0.6) is 5.75 Å². The van der Waals surface area contributed by atoms with E-state index < -0.39 is 0 Å². The number of amides is 1. The monoisotopic (exact) mass is 352 g/mol. The molecule has 1 amide bonds. The number of carbonyl (C=O) groups excluding carboxylic acids is 1. The summed E-state index contributed by atoms with van der Waals surface area (Å²) in [5.41, 5.74) is 3.34. The van der Waals surface area contributed by atoms with Crippen LogP contribution in [0.1, 0.15) is 30.9 Å². The first-order valence-corrected chi connectivity index (χ1v) is 9.46. The number of anilines is 1. The number of piperidine rings is 1. The number of likely N-dealkylation sites (tertiary alicyclic amines) is 1. The fourth-order valence-corrected chi connectivity index (χ4v) is 3.45. The Morgan fingerprint density at radius 2 is 1.96 bits per heavy atom. The number of hydrogen-bond acceptors (Lipinski definition) is 3. The van der Waals surface area contributed by atoms with Crippen LogP contribution in [0.25, 0.3) is 0 Å². The van der Waals surface area contributed by atoms with Crippen LogP contribution >= 0.6 is 0 Å². The topological polar surface area (TPSA) is 41.6 Å². The van der Waals surface area contributed by atoms with Crippen LogP contribution in [0, 0.1) is 12.8 Å². The van der Waals surface area contributed by atoms with Gasteiger partial charge in [0.2, 0.25) is 5.91 Å². The number of hydrogen-bond donors (Lipinski definition) is 1. The van der Waals surface area contributed by atoms with E-state index >= 15 is 0 Å². The molecule has 2 aromatic carbocycles. The third-order valence-electron chi connectivity index (χ3n) is 4.85. The van der Waals surface area contributed by atoms with Crippen molar-refractivity contribution >= 4 is 11.6 Å². The largest absolute Gasteiger partial charge is 0.492 e. The second-order valence-corrected chi connectivity index (χ2v) is 6.98. The maximum atomic E-state index is 12.8. The zero-order valence-corrected chi connectivity index (χ0v) is 15.7. The minimum absolute atomic E-state index is 0.0175. The fourth-order valence-electron chi connectivity index (χ4n) is 3.45. The second-order valence-electron chi connectivity index (χ2n) is 6.98. The lowest BCUT2D eigenvalue weighted by molar-refractivity contribution is -0.121. The summed E-state index contributed by atoms with van der Waals surface area (Å²) in [5, 5.41) is 3.07. The molecule has 1 saturated heterocycles. The lowest BCUT2D eigenvalue weighted by atomic mass is 9.96. The molecule has 1 unspecified atom stereocenters. The van der Waals surface area contributed by atoms with Gasteiger partial charge in [-0.05, 0) is 50.9 Å². The first-order valence-electron chi connectivity index (χ1n) is 9.46. The molecule has 0 radical (unpaired) electrons. The van der Waals surface area contributed by atoms with Crippen molar-refractivity contribution in [3.63, 3.8) is 0 Å². The smallest absolute Gasteiger partial charge is 0.228 e. The molecule has 0 aliphatic carbocycles. The number of nitrogens with one attached hydrogen (secondary N) is 1. The standard InChI is InChI=1S/C22H28N2O2/c1-3-26-21-9-5-4-8-20(21)23-22(25)19-7-6-14-24(16-19)15-18-12-10-17(2)11-13-18/h4-5,8-13,19H,3,6-7,14-16H2,1-2H3,(H,23,25). The minimum Gasteiger partial charge on any atom is -0.492 e. The maximum Gasteiger partial charge on any atom is 0.228 e. The summed E-state index contributed by atoms with van der Waals surface area (Å²) in [6.07, 6.45) is 1.99. The van der Waals surface area contributed by atoms with Gasteiger partial charge in [-0.1, -0.05) is 42.0 Å². The normalized spacial score (nSPS) is 17.7. The van der Waals surface area contributed by atoms with Gasteiger partial charge in [-0.3, -0.25) is 9.69 Å². The van der Waals surface area contributed by atoms with Crippen LogP contribution in [0.15, 0.2) is 48.5 Å². The van der Waals surface area contributed by atoms with Gasteiger partial charge in [0.1, 0.15) is 5.75 Å². The quantitative estimate of drug-likeness (QED) is 0.845. The molecular weight excluding hydrogens is 324 g/mol. The van der Waals surface area contributed by atoms with E-state index in [1.807, 2.05) is 31.2 Å². The summed E-state index contributed by atoms with van der Waals surface area (Å²) in [6.45, 7) is 7.39. The lowest BCUT2D eigenvalue weighted by Gasteiger charge is -2.32. The predicted molar refractivity (Wildman–Crippen MR) is 105 cm³/mol. The van der Waals surface area contributed by atoms with Crippen molar-refractivity contribution in [2.24, 2.45) is 5.92 Å². The summed E-state index contributed by atoms with van der Waals surface area (Å²) in [5.74, 6) is 0.838. The van der Waals surface area contributed by atoms with Gasteiger partial charge < -0.3 is 10.1 Å². The van der Waals surface area contributed by atoms with E-state index in [2.05, 4.69) is 41.4 Å². The van der Waals surface area contributed by atoms with Crippen LogP contribution < -0.4 is 10.1 Å². The zero-order chi connectivity index (χ0) is 18.4. The Kier molecular flexibility index (Phi) is 6.29. The van der Waals surface area contributed by atoms with E-state index in [9.17, 15) is 4.79 Å². The van der Waals surface area contributed by atoms with E-state index in [1.165, 1.54) is 11.1 Å². The third kappa shape index (κ3) is 4.85. The Morgan fingerprint density at radius 3 is 2.73 bits per heavy atom. The molecule has 1 heterocycles. The van der Waals surface area contributed by atoms with Gasteiger partial charge in [-0.25, -0.2) is 0 Å². The molecule has 3 rings (SSSR count). The molecule has 1 aliphatic rings. The summed E-state index contributed by atoms with van der Waals surface area (Å²) in [7, 11) is 0. The van der Waals surface area contributed by atoms with Crippen LogP contribution in [-0.2, 0) is 11.3 Å². The van der Waals surface area contributed by atoms with Gasteiger partial charge in [-0.15, -0.1) is 0 Å². The van der Waals surface area contributed by atoms with Crippen molar-refractivity contribution < 1.29 is 9.53 Å². The average Bonchev–Trinajstić information content (AvgIpc) is 2.66. The minimum atomic E-state index is 0.0175. The Hall–Kier alpha value is -2.33. The molecule has 4 nitrogen and oxygen atoms in total. The fraction of sp³-hybridized carbons (Fsp3) is 0.409. The molecule has 0 bridgehead atoms. The molecule has 1 N–H and O–H groups in total. The van der Waals surface area contributed by atoms with Gasteiger partial charge in [0, 0.05) is 13.1 Å². The van der Waals surface area contributed by atoms with E-state index in [4.69, 9.17) is 4.74 Å². The highest BCUT2D eigenvalue weighted by Gasteiger charge is 2.26. The first kappa shape index (κ1) is 18.5. The van der Waals surface area contributed by atoms with Crippen molar-refractivity contribution in [3.8, 4) is 5.75 Å². The third-order valence-corrected chi connectivity index (χ3v) is 4.85. The Morgan fingerprint density at radius 1 is 1.19 bits per heavy atom. The van der Waals surface area contributed by atoms with Crippen LogP contribution in [0.3, 0.4) is 0 Å². The lowest BCUT2D eigenvalue weighted by Crippen LogP contribution is -2.40. The van der Waals surface area contributed by atoms with Crippen molar-refractivity contribution in [1.82, 2.24) is 4.90 Å². The van der Waals surface area contributed by atoms with Crippen molar-refractivity contribution in [2.45, 2.75) is 33.2 Å². The molecule has 0 saturated carbocycles. The number of nitrogens with zero attached hydrogens (tertiary/aromatic N) is 1. The van der Waals surface area contributed by atoms with Gasteiger partial charge in [0.25, 0.3) is 0 Å². The number of ether oxygens (including phenoxy) is 1. The molecule has 0 aromatic heterocycles. The summed E-state index contributed by atoms with van der Waals surface area (Å²) in [4.78, 5) is 15.2. The molecule has 138 valence electrons. The number of benzene rings is 2. The zero-order valence-electron chi connectivity index (χ0n) is 15.7. The van der Waals surface area contributed by atoms with Crippen molar-refractivity contribution in [3.05, 3.63) is 59.7 Å². The van der Waals surface area contributed by atoms with Gasteiger partial charge >= 0.3 is 0 Å². The van der Waals surface area contributed by atoms with Crippen molar-refractivity contribution in [2.75, 3.05) is 25.0 Å². The van der Waals surface area contributed by atoms with E-state index in [1.54, 1.807) is 0 Å². The molecule has 1 aliphatic heterocycles. The molecular formula is C22H28N2O2. The Balaban J connectivity index is 1.60. The van der Waals surface area contributed by atoms with E-state index in [0.717, 1.165) is 43.9 Å². The van der Waals surface area contributed by atoms with E-state index in [0.29, 0.717) is 6.61 Å². The molecule has 0 spiro atoms. The Labute approximate surface area is 156 Å². The predicted octanol–water partition coefficient (Wildman–Crippen LogP) is 4.24. The highest BCUT2D eigenvalue weighted by atomic mass is 16.5. The highest BCUT2D eigenvalue weighted by molar-refractivity contribution is 5.94. The van der Waals surface area contributed by atoms with E-state index in [-0.39, 0.29) is 11.8 Å². The van der Waals surface area contributed by atoms with Crippen LogP contribution in [0.4, 0.5) is 5.69 Å². The van der Waals surface area contributed by atoms with Gasteiger partial charge in [0.05, 0.1) is 18.2 Å². The highest BCUT2D eigenvalue weighted by Crippen LogP contribution is 2.26. The SMILES string of the molecule is CCOc1ccccc1NC(=O)C1CCCN(Cc2ccc(C)cc2)C1. The molecule has 1 fully saturated rings. The average molecular weight is 352 g/mol. The van der Waals surface area contributed by atoms with Crippen molar-refractivity contribution in [1.29, 1.82) is 0 Å². The molecule has 4 heteroatoms. The number of rotatable bonds is 6. The molecule has 2 aromatic rings. The van der Waals surface area contributed by atoms with Gasteiger partial charge in [-0.2, -0.15) is 0 Å². The summed E-state index contributed by atoms with van der Waals surface area (Å²) >= 11 is 0. The number of para-hydroxylation sites is 2. The number of aryl methyl sites for hydroxylation is 1. The second kappa shape index (κ2) is 8.86. The van der Waals surface area contributed by atoms with Crippen LogP contribution in [0.2, 0.25) is 0 Å². The summed E-state index contributed by atoms with van der Waals surface area (Å²) in [6, 6.07) is 16.3. The molecule has 26 heavy (non-hydrogen) atoms. The first-order chi connectivity index (χ1) is 12.7. The maximum absolute atomic E-state index is 12.8. The Bertz CT molecular complexity index is 727. The number of carbonyl (C=O) groups is 1. The van der Waals surface area contributed by atoms with Crippen LogP contribution in [-0.4, -0.2) is 30.5 Å².